The second-order valence-electron chi connectivity index (χ2n) is 10.4. The van der Waals surface area contributed by atoms with Crippen LogP contribution in [0, 0.1) is 0 Å². The number of aliphatic imine (C=N–C) groups is 1. The van der Waals surface area contributed by atoms with E-state index in [0.29, 0.717) is 19.6 Å². The van der Waals surface area contributed by atoms with Gasteiger partial charge in [-0.1, -0.05) is 61.5 Å². The number of para-hydroxylation sites is 2. The number of nitrogens with zero attached hydrogens (tertiary/aromatic N) is 4. The number of aryl methyl sites for hydroxylation is 1. The van der Waals surface area contributed by atoms with Gasteiger partial charge in [-0.2, -0.15) is 13.2 Å². The summed E-state index contributed by atoms with van der Waals surface area (Å²) >= 11 is 5.92. The minimum absolute atomic E-state index is 0. The molecule has 1 unspecified atom stereocenters. The van der Waals surface area contributed by atoms with E-state index in [2.05, 4.69) is 26.3 Å². The first-order valence-electron chi connectivity index (χ1n) is 13.8. The summed E-state index contributed by atoms with van der Waals surface area (Å²) in [6.07, 6.45) is 0.299. The molecule has 0 amide bonds. The zero-order chi connectivity index (χ0) is 29.7. The number of halogens is 4. The number of imidazole rings is 1. The smallest absolute Gasteiger partial charge is 0.394 e. The summed E-state index contributed by atoms with van der Waals surface area (Å²) < 4.78 is 39.5. The molecule has 0 saturated heterocycles. The molecule has 1 aliphatic carbocycles. The maximum atomic E-state index is 13.2. The van der Waals surface area contributed by atoms with Gasteiger partial charge in [0.1, 0.15) is 16.7 Å². The molecule has 4 N–H and O–H groups in total. The molecular formula is C32H37ClF3N7. The van der Waals surface area contributed by atoms with Gasteiger partial charge < -0.3 is 16.0 Å². The lowest BCUT2D eigenvalue weighted by molar-refractivity contribution is -0.0932. The van der Waals surface area contributed by atoms with Crippen LogP contribution >= 0.6 is 11.6 Å². The van der Waals surface area contributed by atoms with Gasteiger partial charge in [0.2, 0.25) is 0 Å². The third-order valence-corrected chi connectivity index (χ3v) is 7.91. The highest BCUT2D eigenvalue weighted by molar-refractivity contribution is 6.69. The van der Waals surface area contributed by atoms with E-state index in [0.717, 1.165) is 52.9 Å². The Bertz CT molecular complexity index is 1540. The number of nitrogens with one attached hydrogen (secondary N) is 2. The van der Waals surface area contributed by atoms with Gasteiger partial charge in [-0.3, -0.25) is 14.9 Å². The molecule has 11 heteroatoms. The number of fused-ring (bicyclic) bond motifs is 2. The predicted octanol–water partition coefficient (Wildman–Crippen LogP) is 6.81. The fourth-order valence-electron chi connectivity index (χ4n) is 5.40. The van der Waals surface area contributed by atoms with Crippen molar-refractivity contribution in [3.8, 4) is 0 Å². The summed E-state index contributed by atoms with van der Waals surface area (Å²) in [6.45, 7) is 1.49. The lowest BCUT2D eigenvalue weighted by Gasteiger charge is -2.34. The highest BCUT2D eigenvalue weighted by Crippen LogP contribution is 2.35. The number of allylic oxidation sites excluding steroid dienone is 1. The first-order chi connectivity index (χ1) is 20.2. The average Bonchev–Trinajstić information content (AvgIpc) is 3.41. The summed E-state index contributed by atoms with van der Waals surface area (Å²) in [5.74, 6) is 0.899. The average molecular weight is 612 g/mol. The molecule has 1 atom stereocenters. The minimum atomic E-state index is -4.69. The molecule has 0 spiro atoms. The number of nitrogens with two attached hydrogens (primary N) is 1. The number of hydrogen-bond acceptors (Lipinski definition) is 6. The maximum Gasteiger partial charge on any atom is 0.431 e. The topological polar surface area (TPSA) is 95.2 Å². The van der Waals surface area contributed by atoms with Crippen LogP contribution in [0.5, 0.6) is 0 Å². The number of alkyl halides is 3. The van der Waals surface area contributed by atoms with Crippen molar-refractivity contribution in [1.82, 2.24) is 25.2 Å². The van der Waals surface area contributed by atoms with Crippen molar-refractivity contribution < 1.29 is 13.2 Å². The van der Waals surface area contributed by atoms with Crippen LogP contribution in [-0.4, -0.2) is 44.8 Å². The molecule has 0 saturated carbocycles. The van der Waals surface area contributed by atoms with Crippen molar-refractivity contribution in [3.05, 3.63) is 106 Å². The Hall–Kier alpha value is -3.73. The molecule has 2 aromatic heterocycles. The minimum Gasteiger partial charge on any atom is -0.394 e. The quantitative estimate of drug-likeness (QED) is 0.171. The van der Waals surface area contributed by atoms with E-state index in [-0.39, 0.29) is 30.8 Å². The van der Waals surface area contributed by atoms with Gasteiger partial charge >= 0.3 is 6.18 Å². The third kappa shape index (κ3) is 7.81. The van der Waals surface area contributed by atoms with E-state index < -0.39 is 11.9 Å². The number of rotatable bonds is 10. The van der Waals surface area contributed by atoms with Crippen LogP contribution in [-0.2, 0) is 26.1 Å². The molecule has 7 nitrogen and oxygen atoms in total. The molecular weight excluding hydrogens is 575 g/mol. The zero-order valence-electron chi connectivity index (χ0n) is 23.3. The predicted molar refractivity (Wildman–Crippen MR) is 167 cm³/mol. The van der Waals surface area contributed by atoms with Crippen molar-refractivity contribution in [2.45, 2.75) is 58.5 Å². The number of aromatic amines is 1. The van der Waals surface area contributed by atoms with Gasteiger partial charge in [-0.15, -0.1) is 0 Å². The first-order valence-corrected chi connectivity index (χ1v) is 14.2. The Kier molecular flexibility index (Phi) is 10.6. The fourth-order valence-corrected chi connectivity index (χ4v) is 5.57. The molecule has 4 aromatic rings. The van der Waals surface area contributed by atoms with Crippen molar-refractivity contribution in [2.24, 2.45) is 10.7 Å². The summed E-state index contributed by atoms with van der Waals surface area (Å²) in [5, 5.41) is 2.74. The lowest BCUT2D eigenvalue weighted by Crippen LogP contribution is -2.31. The van der Waals surface area contributed by atoms with Crippen molar-refractivity contribution >= 4 is 27.8 Å². The van der Waals surface area contributed by atoms with Crippen LogP contribution in [0.25, 0.3) is 11.0 Å². The second kappa shape index (κ2) is 14.2. The number of benzene rings is 2. The highest BCUT2D eigenvalue weighted by atomic mass is 35.5. The number of aromatic nitrogens is 3. The molecule has 0 aliphatic heterocycles. The van der Waals surface area contributed by atoms with E-state index in [1.807, 2.05) is 60.8 Å². The Balaban J connectivity index is 0.00000423. The number of H-pyrrole nitrogens is 1. The molecule has 43 heavy (non-hydrogen) atoms. The molecule has 228 valence electrons. The molecule has 0 bridgehead atoms. The first kappa shape index (κ1) is 32.2. The summed E-state index contributed by atoms with van der Waals surface area (Å²) in [6, 6.07) is 20.4. The van der Waals surface area contributed by atoms with E-state index in [1.54, 1.807) is 0 Å². The van der Waals surface area contributed by atoms with E-state index >= 15 is 0 Å². The molecule has 2 heterocycles. The summed E-state index contributed by atoms with van der Waals surface area (Å²) in [4.78, 5) is 19.2. The van der Waals surface area contributed by atoms with Gasteiger partial charge in [0.05, 0.1) is 29.3 Å². The molecule has 0 fully saturated rings. The molecule has 0 radical (unpaired) electrons. The van der Waals surface area contributed by atoms with Crippen molar-refractivity contribution in [1.29, 1.82) is 0 Å². The fraction of sp³-hybridized carbons (Fsp3) is 0.344. The molecule has 1 aliphatic rings. The number of hydrogen-bond donors (Lipinski definition) is 3. The number of pyridine rings is 1. The van der Waals surface area contributed by atoms with Crippen LogP contribution < -0.4 is 11.1 Å². The van der Waals surface area contributed by atoms with Crippen LogP contribution in [0.1, 0.15) is 54.5 Å². The van der Waals surface area contributed by atoms with E-state index in [1.165, 1.54) is 12.6 Å². The SMILES string of the molecule is C.CN=C(Cl)C(CNCc1ccc(CN(Cc2nc3ccccc3[nH]2)C2CCCc3cccnc32)cc1)=C(N)C(F)(F)F. The molecule has 5 rings (SSSR count). The highest BCUT2D eigenvalue weighted by Gasteiger charge is 2.35. The Morgan fingerprint density at radius 2 is 1.84 bits per heavy atom. The van der Waals surface area contributed by atoms with Crippen molar-refractivity contribution in [3.63, 3.8) is 0 Å². The monoisotopic (exact) mass is 611 g/mol. The Labute approximate surface area is 255 Å². The van der Waals surface area contributed by atoms with Gasteiger partial charge in [-0.25, -0.2) is 4.98 Å². The van der Waals surface area contributed by atoms with E-state index in [4.69, 9.17) is 27.3 Å². The van der Waals surface area contributed by atoms with Gasteiger partial charge in [0.15, 0.2) is 0 Å². The van der Waals surface area contributed by atoms with Crippen LogP contribution in [0.3, 0.4) is 0 Å². The Morgan fingerprint density at radius 3 is 2.56 bits per heavy atom. The second-order valence-corrected chi connectivity index (χ2v) is 10.7. The van der Waals surface area contributed by atoms with Crippen molar-refractivity contribution in [2.75, 3.05) is 13.6 Å². The standard InChI is InChI=1S/C31H33ClF3N7.CH4/c1-37-30(32)23(29(36)31(33,34)35)17-38-16-20-11-13-21(14-12-20)18-42(19-27-40-24-8-2-3-9-25(24)41-27)26-10-4-6-22-7-5-15-39-28(22)26;/h2-3,5,7-9,11-15,26,38H,4,6,10,16-19,36H2,1H3,(H,40,41);1H4. The van der Waals surface area contributed by atoms with Gasteiger partial charge in [-0.05, 0) is 54.2 Å². The zero-order valence-corrected chi connectivity index (χ0v) is 24.0. The summed E-state index contributed by atoms with van der Waals surface area (Å²) in [5.41, 5.74) is 10.2. The largest absolute Gasteiger partial charge is 0.431 e. The normalized spacial score (nSPS) is 16.1. The molecule has 2 aromatic carbocycles. The third-order valence-electron chi connectivity index (χ3n) is 7.51. The van der Waals surface area contributed by atoms with E-state index in [9.17, 15) is 13.2 Å². The lowest BCUT2D eigenvalue weighted by atomic mass is 9.90. The Morgan fingerprint density at radius 1 is 1.09 bits per heavy atom. The summed E-state index contributed by atoms with van der Waals surface area (Å²) in [7, 11) is 1.32. The maximum absolute atomic E-state index is 13.2. The van der Waals surface area contributed by atoms with Gasteiger partial charge in [0, 0.05) is 38.5 Å². The van der Waals surface area contributed by atoms with Crippen LogP contribution in [0.4, 0.5) is 13.2 Å². The van der Waals surface area contributed by atoms with Gasteiger partial charge in [0.25, 0.3) is 0 Å². The van der Waals surface area contributed by atoms with Crippen LogP contribution in [0.2, 0.25) is 0 Å². The van der Waals surface area contributed by atoms with Crippen LogP contribution in [0.15, 0.2) is 83.1 Å².